The lowest BCUT2D eigenvalue weighted by molar-refractivity contribution is 0.102. The average molecular weight is 329 g/mol. The Kier molecular flexibility index (Phi) is 4.71. The molecule has 7 heteroatoms. The van der Waals surface area contributed by atoms with Gasteiger partial charge in [0.15, 0.2) is 0 Å². The van der Waals surface area contributed by atoms with Crippen LogP contribution in [0.25, 0.3) is 0 Å². The third-order valence-electron chi connectivity index (χ3n) is 3.99. The lowest BCUT2D eigenvalue weighted by atomic mass is 10.2. The highest BCUT2D eigenvalue weighted by atomic mass is 19.1. The Morgan fingerprint density at radius 2 is 1.79 bits per heavy atom. The van der Waals surface area contributed by atoms with Crippen molar-refractivity contribution in [1.29, 1.82) is 0 Å². The van der Waals surface area contributed by atoms with Gasteiger partial charge in [-0.1, -0.05) is 0 Å². The van der Waals surface area contributed by atoms with Crippen LogP contribution in [-0.2, 0) is 0 Å². The van der Waals surface area contributed by atoms with Crippen LogP contribution in [0.4, 0.5) is 15.9 Å². The van der Waals surface area contributed by atoms with Crippen molar-refractivity contribution in [3.8, 4) is 0 Å². The molecule has 0 spiro atoms. The maximum absolute atomic E-state index is 12.9. The molecule has 1 aliphatic heterocycles. The second-order valence-corrected chi connectivity index (χ2v) is 5.91. The van der Waals surface area contributed by atoms with E-state index in [-0.39, 0.29) is 11.7 Å². The van der Waals surface area contributed by atoms with Crippen molar-refractivity contribution < 1.29 is 9.18 Å². The zero-order chi connectivity index (χ0) is 17.1. The van der Waals surface area contributed by atoms with Crippen LogP contribution in [-0.4, -0.2) is 54.0 Å². The van der Waals surface area contributed by atoms with E-state index in [4.69, 9.17) is 0 Å². The van der Waals surface area contributed by atoms with Gasteiger partial charge < -0.3 is 15.1 Å². The van der Waals surface area contributed by atoms with Crippen LogP contribution < -0.4 is 10.2 Å². The van der Waals surface area contributed by atoms with E-state index in [0.29, 0.717) is 17.2 Å². The van der Waals surface area contributed by atoms with E-state index in [9.17, 15) is 9.18 Å². The Hall–Kier alpha value is -2.54. The summed E-state index contributed by atoms with van der Waals surface area (Å²) in [4.78, 5) is 25.5. The number of piperazine rings is 1. The van der Waals surface area contributed by atoms with Crippen molar-refractivity contribution in [2.45, 2.75) is 6.92 Å². The fourth-order valence-corrected chi connectivity index (χ4v) is 2.59. The number of amides is 1. The van der Waals surface area contributed by atoms with E-state index in [1.54, 1.807) is 13.0 Å². The number of likely N-dealkylation sites (N-methyl/N-ethyl adjacent to an activating group) is 1. The van der Waals surface area contributed by atoms with Gasteiger partial charge in [-0.2, -0.15) is 0 Å². The molecule has 0 saturated carbocycles. The lowest BCUT2D eigenvalue weighted by Crippen LogP contribution is -2.45. The van der Waals surface area contributed by atoms with Crippen molar-refractivity contribution in [1.82, 2.24) is 14.9 Å². The molecule has 1 aliphatic rings. The van der Waals surface area contributed by atoms with E-state index < -0.39 is 0 Å². The molecule has 1 aromatic carbocycles. The van der Waals surface area contributed by atoms with E-state index in [2.05, 4.69) is 32.1 Å². The van der Waals surface area contributed by atoms with E-state index in [1.165, 1.54) is 24.3 Å². The zero-order valence-corrected chi connectivity index (χ0v) is 13.8. The molecule has 2 aromatic rings. The van der Waals surface area contributed by atoms with Crippen molar-refractivity contribution in [2.75, 3.05) is 43.4 Å². The van der Waals surface area contributed by atoms with Crippen LogP contribution in [0.3, 0.4) is 0 Å². The summed E-state index contributed by atoms with van der Waals surface area (Å²) in [5.74, 6) is 0.640. The average Bonchev–Trinajstić information content (AvgIpc) is 2.57. The molecular weight excluding hydrogens is 309 g/mol. The van der Waals surface area contributed by atoms with Gasteiger partial charge in [-0.15, -0.1) is 0 Å². The summed E-state index contributed by atoms with van der Waals surface area (Å²) in [7, 11) is 2.09. The number of halogens is 1. The zero-order valence-electron chi connectivity index (χ0n) is 13.8. The standard InChI is InChI=1S/C17H20FN5O/c1-12-19-15(17(24)21-14-5-3-13(18)4-6-14)11-16(20-12)23-9-7-22(2)8-10-23/h3-6,11H,7-10H2,1-2H3,(H,21,24). The fraction of sp³-hybridized carbons (Fsp3) is 0.353. The highest BCUT2D eigenvalue weighted by Gasteiger charge is 2.18. The first kappa shape index (κ1) is 16.3. The molecule has 1 saturated heterocycles. The predicted molar refractivity (Wildman–Crippen MR) is 90.8 cm³/mol. The van der Waals surface area contributed by atoms with Crippen LogP contribution in [0.15, 0.2) is 30.3 Å². The van der Waals surface area contributed by atoms with E-state index >= 15 is 0 Å². The molecule has 0 radical (unpaired) electrons. The topological polar surface area (TPSA) is 61.4 Å². The van der Waals surface area contributed by atoms with Crippen molar-refractivity contribution in [3.63, 3.8) is 0 Å². The number of hydrogen-bond acceptors (Lipinski definition) is 5. The number of rotatable bonds is 3. The maximum Gasteiger partial charge on any atom is 0.274 e. The molecule has 0 bridgehead atoms. The number of benzene rings is 1. The second-order valence-electron chi connectivity index (χ2n) is 5.91. The number of carbonyl (C=O) groups is 1. The van der Waals surface area contributed by atoms with Crippen molar-refractivity contribution in [2.24, 2.45) is 0 Å². The smallest absolute Gasteiger partial charge is 0.274 e. The van der Waals surface area contributed by atoms with Gasteiger partial charge in [-0.25, -0.2) is 14.4 Å². The highest BCUT2D eigenvalue weighted by Crippen LogP contribution is 2.16. The molecule has 1 aromatic heterocycles. The lowest BCUT2D eigenvalue weighted by Gasteiger charge is -2.33. The molecule has 1 fully saturated rings. The molecule has 1 N–H and O–H groups in total. The summed E-state index contributed by atoms with van der Waals surface area (Å²) in [5, 5.41) is 2.73. The van der Waals surface area contributed by atoms with Crippen molar-refractivity contribution in [3.05, 3.63) is 47.7 Å². The summed E-state index contributed by atoms with van der Waals surface area (Å²) in [6, 6.07) is 7.34. The van der Waals surface area contributed by atoms with Gasteiger partial charge in [0.25, 0.3) is 5.91 Å². The van der Waals surface area contributed by atoms with Gasteiger partial charge in [0.05, 0.1) is 0 Å². The Morgan fingerprint density at radius 3 is 2.46 bits per heavy atom. The number of aryl methyl sites for hydroxylation is 1. The molecule has 6 nitrogen and oxygen atoms in total. The first-order valence-electron chi connectivity index (χ1n) is 7.87. The summed E-state index contributed by atoms with van der Waals surface area (Å²) in [6.07, 6.45) is 0. The van der Waals surface area contributed by atoms with Gasteiger partial charge in [-0.3, -0.25) is 4.79 Å². The number of aromatic nitrogens is 2. The van der Waals surface area contributed by atoms with Gasteiger partial charge >= 0.3 is 0 Å². The quantitative estimate of drug-likeness (QED) is 0.932. The van der Waals surface area contributed by atoms with Crippen LogP contribution in [0.2, 0.25) is 0 Å². The van der Waals surface area contributed by atoms with Gasteiger partial charge in [0.2, 0.25) is 0 Å². The van der Waals surface area contributed by atoms with Crippen molar-refractivity contribution >= 4 is 17.4 Å². The maximum atomic E-state index is 12.9. The molecule has 24 heavy (non-hydrogen) atoms. The molecule has 0 atom stereocenters. The summed E-state index contributed by atoms with van der Waals surface area (Å²) in [5.41, 5.74) is 0.833. The van der Waals surface area contributed by atoms with Crippen LogP contribution >= 0.6 is 0 Å². The molecule has 0 aliphatic carbocycles. The van der Waals surface area contributed by atoms with Gasteiger partial charge in [-0.05, 0) is 38.2 Å². The fourth-order valence-electron chi connectivity index (χ4n) is 2.59. The van der Waals surface area contributed by atoms with E-state index in [1.807, 2.05) is 0 Å². The first-order chi connectivity index (χ1) is 11.5. The minimum absolute atomic E-state index is 0.306. The molecule has 1 amide bonds. The number of nitrogens with zero attached hydrogens (tertiary/aromatic N) is 4. The Morgan fingerprint density at radius 1 is 1.12 bits per heavy atom. The normalized spacial score (nSPS) is 15.4. The highest BCUT2D eigenvalue weighted by molar-refractivity contribution is 6.03. The molecule has 3 rings (SSSR count). The number of carbonyl (C=O) groups excluding carboxylic acids is 1. The van der Waals surface area contributed by atoms with Crippen LogP contribution in [0.1, 0.15) is 16.3 Å². The largest absolute Gasteiger partial charge is 0.354 e. The number of hydrogen-bond donors (Lipinski definition) is 1. The number of nitrogens with one attached hydrogen (secondary N) is 1. The molecule has 2 heterocycles. The molecule has 126 valence electrons. The third kappa shape index (κ3) is 3.86. The molecular formula is C17H20FN5O. The van der Waals surface area contributed by atoms with E-state index in [0.717, 1.165) is 32.0 Å². The second kappa shape index (κ2) is 6.92. The summed E-state index contributed by atoms with van der Waals surface area (Å²) >= 11 is 0. The van der Waals surface area contributed by atoms with Crippen LogP contribution in [0, 0.1) is 12.7 Å². The van der Waals surface area contributed by atoms with Crippen LogP contribution in [0.5, 0.6) is 0 Å². The Balaban J connectivity index is 1.77. The predicted octanol–water partition coefficient (Wildman–Crippen LogP) is 1.93. The SMILES string of the molecule is Cc1nc(C(=O)Nc2ccc(F)cc2)cc(N2CCN(C)CC2)n1. The Labute approximate surface area is 140 Å². The minimum Gasteiger partial charge on any atom is -0.354 e. The number of anilines is 2. The van der Waals surface area contributed by atoms with Gasteiger partial charge in [0, 0.05) is 37.9 Å². The minimum atomic E-state index is -0.344. The first-order valence-corrected chi connectivity index (χ1v) is 7.87. The summed E-state index contributed by atoms with van der Waals surface area (Å²) < 4.78 is 12.9. The Bertz CT molecular complexity index is 726. The summed E-state index contributed by atoms with van der Waals surface area (Å²) in [6.45, 7) is 5.42. The van der Waals surface area contributed by atoms with Gasteiger partial charge in [0.1, 0.15) is 23.2 Å². The monoisotopic (exact) mass is 329 g/mol. The molecule has 0 unspecified atom stereocenters. The third-order valence-corrected chi connectivity index (χ3v) is 3.99.